The monoisotopic (exact) mass is 552 g/mol. The number of rotatable bonds is 5. The van der Waals surface area contributed by atoms with Gasteiger partial charge in [-0.05, 0) is 74.7 Å². The molecule has 0 radical (unpaired) electrons. The molecule has 0 bridgehead atoms. The van der Waals surface area contributed by atoms with Gasteiger partial charge in [0.15, 0.2) is 0 Å². The minimum atomic E-state index is -0.923. The first-order chi connectivity index (χ1) is 18.0. The maximum absolute atomic E-state index is 14.0. The molecule has 198 valence electrons. The van der Waals surface area contributed by atoms with Gasteiger partial charge in [-0.25, -0.2) is 4.79 Å². The highest BCUT2D eigenvalue weighted by atomic mass is 35.5. The van der Waals surface area contributed by atoms with E-state index >= 15 is 0 Å². The van der Waals surface area contributed by atoms with Crippen molar-refractivity contribution in [2.45, 2.75) is 44.7 Å². The highest BCUT2D eigenvalue weighted by molar-refractivity contribution is 6.31. The number of nitrogens with zero attached hydrogens (tertiary/aromatic N) is 1. The normalized spacial score (nSPS) is 17.3. The molecule has 3 N–H and O–H groups in total. The molecule has 0 spiro atoms. The first-order valence-electron chi connectivity index (χ1n) is 12.3. The predicted molar refractivity (Wildman–Crippen MR) is 152 cm³/mol. The van der Waals surface area contributed by atoms with E-state index < -0.39 is 23.5 Å². The Bertz CT molecular complexity index is 1340. The summed E-state index contributed by atoms with van der Waals surface area (Å²) in [7, 11) is 0. The summed E-state index contributed by atoms with van der Waals surface area (Å²) in [5.74, 6) is -0.967. The van der Waals surface area contributed by atoms with E-state index in [9.17, 15) is 14.4 Å². The van der Waals surface area contributed by atoms with E-state index in [1.807, 2.05) is 57.2 Å². The van der Waals surface area contributed by atoms with Gasteiger partial charge in [-0.15, -0.1) is 0 Å². The molecular weight excluding hydrogens is 523 g/mol. The first kappa shape index (κ1) is 27.5. The molecule has 2 atom stereocenters. The quantitative estimate of drug-likeness (QED) is 0.364. The summed E-state index contributed by atoms with van der Waals surface area (Å²) in [5, 5.41) is 9.47. The van der Waals surface area contributed by atoms with Gasteiger partial charge in [-0.2, -0.15) is 0 Å². The molecule has 0 saturated carbocycles. The Balaban J connectivity index is 1.72. The molecule has 1 heterocycles. The molecule has 9 heteroatoms. The Hall–Kier alpha value is -3.55. The zero-order valence-corrected chi connectivity index (χ0v) is 22.9. The topological polar surface area (TPSA) is 90.5 Å². The number of amides is 4. The zero-order chi connectivity index (χ0) is 27.4. The smallest absolute Gasteiger partial charge is 0.319 e. The molecule has 4 rings (SSSR count). The van der Waals surface area contributed by atoms with Crippen molar-refractivity contribution in [3.8, 4) is 0 Å². The maximum atomic E-state index is 14.0. The summed E-state index contributed by atoms with van der Waals surface area (Å²) in [5.41, 5.74) is 2.37. The SMILES string of the molecule is CC(C)(C)NC(=O)CN1C(=O)[C@H](NC(=O)Nc2cccc(Cl)c2)C[C@H](c2ccccc2)c2cc(Cl)ccc21. The van der Waals surface area contributed by atoms with Crippen molar-refractivity contribution < 1.29 is 14.4 Å². The second-order valence-corrected chi connectivity index (χ2v) is 11.2. The van der Waals surface area contributed by atoms with Crippen LogP contribution in [0.3, 0.4) is 0 Å². The number of carbonyl (C=O) groups excluding carboxylic acids is 3. The summed E-state index contributed by atoms with van der Waals surface area (Å²) in [6.07, 6.45) is 0.274. The van der Waals surface area contributed by atoms with Gasteiger partial charge < -0.3 is 20.9 Å². The van der Waals surface area contributed by atoms with Crippen LogP contribution in [0.5, 0.6) is 0 Å². The van der Waals surface area contributed by atoms with Crippen LogP contribution in [-0.4, -0.2) is 36.0 Å². The molecule has 0 unspecified atom stereocenters. The lowest BCUT2D eigenvalue weighted by Crippen LogP contribution is -2.53. The molecule has 0 aliphatic carbocycles. The summed E-state index contributed by atoms with van der Waals surface area (Å²) >= 11 is 12.5. The van der Waals surface area contributed by atoms with Gasteiger partial charge in [-0.1, -0.05) is 59.6 Å². The number of benzene rings is 3. The summed E-state index contributed by atoms with van der Waals surface area (Å²) in [6.45, 7) is 5.41. The first-order valence-corrected chi connectivity index (χ1v) is 13.1. The van der Waals surface area contributed by atoms with Crippen LogP contribution < -0.4 is 20.9 Å². The number of urea groups is 1. The van der Waals surface area contributed by atoms with Crippen LogP contribution in [0, 0.1) is 0 Å². The molecule has 7 nitrogen and oxygen atoms in total. The van der Waals surface area contributed by atoms with E-state index in [0.717, 1.165) is 11.1 Å². The number of halogens is 2. The number of anilines is 2. The molecule has 3 aromatic carbocycles. The maximum Gasteiger partial charge on any atom is 0.319 e. The lowest BCUT2D eigenvalue weighted by molar-refractivity contribution is -0.125. The van der Waals surface area contributed by atoms with Crippen molar-refractivity contribution in [2.24, 2.45) is 0 Å². The summed E-state index contributed by atoms with van der Waals surface area (Å²) < 4.78 is 0. The molecule has 38 heavy (non-hydrogen) atoms. The predicted octanol–water partition coefficient (Wildman–Crippen LogP) is 5.97. The highest BCUT2D eigenvalue weighted by Gasteiger charge is 2.37. The third kappa shape index (κ3) is 6.85. The van der Waals surface area contributed by atoms with Crippen LogP contribution >= 0.6 is 23.2 Å². The van der Waals surface area contributed by atoms with E-state index in [1.54, 1.807) is 36.4 Å². The van der Waals surface area contributed by atoms with Crippen LogP contribution in [0.2, 0.25) is 10.0 Å². The van der Waals surface area contributed by atoms with Crippen molar-refractivity contribution in [2.75, 3.05) is 16.8 Å². The second-order valence-electron chi connectivity index (χ2n) is 10.3. The van der Waals surface area contributed by atoms with Crippen molar-refractivity contribution in [3.63, 3.8) is 0 Å². The lowest BCUT2D eigenvalue weighted by Gasteiger charge is -2.28. The minimum absolute atomic E-state index is 0.208. The van der Waals surface area contributed by atoms with E-state index in [2.05, 4.69) is 16.0 Å². The summed E-state index contributed by atoms with van der Waals surface area (Å²) in [4.78, 5) is 41.4. The van der Waals surface area contributed by atoms with E-state index in [4.69, 9.17) is 23.2 Å². The molecule has 1 aliphatic rings. The van der Waals surface area contributed by atoms with Gasteiger partial charge in [0.1, 0.15) is 12.6 Å². The molecule has 4 amide bonds. The lowest BCUT2D eigenvalue weighted by atomic mass is 9.86. The molecular formula is C29H30Cl2N4O3. The second kappa shape index (κ2) is 11.5. The van der Waals surface area contributed by atoms with Gasteiger partial charge >= 0.3 is 6.03 Å². The van der Waals surface area contributed by atoms with Gasteiger partial charge in [0.05, 0.1) is 0 Å². The highest BCUT2D eigenvalue weighted by Crippen LogP contribution is 2.40. The molecule has 1 aliphatic heterocycles. The average molecular weight is 553 g/mol. The minimum Gasteiger partial charge on any atom is -0.350 e. The van der Waals surface area contributed by atoms with E-state index in [-0.39, 0.29) is 24.8 Å². The van der Waals surface area contributed by atoms with Crippen LogP contribution in [0.4, 0.5) is 16.2 Å². The van der Waals surface area contributed by atoms with E-state index in [1.165, 1.54) is 4.90 Å². The fraction of sp³-hybridized carbons (Fsp3) is 0.276. The number of hydrogen-bond acceptors (Lipinski definition) is 3. The van der Waals surface area contributed by atoms with Crippen molar-refractivity contribution in [1.82, 2.24) is 10.6 Å². The Morgan fingerprint density at radius 1 is 0.947 bits per heavy atom. The van der Waals surface area contributed by atoms with E-state index in [0.29, 0.717) is 21.4 Å². The van der Waals surface area contributed by atoms with Gasteiger partial charge in [0, 0.05) is 32.9 Å². The van der Waals surface area contributed by atoms with Gasteiger partial charge in [0.2, 0.25) is 11.8 Å². The third-order valence-electron chi connectivity index (χ3n) is 6.10. The number of carbonyl (C=O) groups is 3. The zero-order valence-electron chi connectivity index (χ0n) is 21.4. The molecule has 0 fully saturated rings. The largest absolute Gasteiger partial charge is 0.350 e. The van der Waals surface area contributed by atoms with Gasteiger partial charge in [0.25, 0.3) is 0 Å². The van der Waals surface area contributed by atoms with Crippen LogP contribution in [0.15, 0.2) is 72.8 Å². The average Bonchev–Trinajstić information content (AvgIpc) is 2.94. The Morgan fingerprint density at radius 3 is 2.34 bits per heavy atom. The molecule has 0 aromatic heterocycles. The Morgan fingerprint density at radius 2 is 1.66 bits per heavy atom. The fourth-order valence-corrected chi connectivity index (χ4v) is 4.97. The van der Waals surface area contributed by atoms with Crippen molar-refractivity contribution in [1.29, 1.82) is 0 Å². The Labute approximate surface area is 232 Å². The number of nitrogens with one attached hydrogen (secondary N) is 3. The van der Waals surface area contributed by atoms with Gasteiger partial charge in [-0.3, -0.25) is 9.59 Å². The molecule has 0 saturated heterocycles. The Kier molecular flexibility index (Phi) is 8.29. The number of fused-ring (bicyclic) bond motifs is 1. The van der Waals surface area contributed by atoms with Crippen molar-refractivity contribution >= 4 is 52.4 Å². The van der Waals surface area contributed by atoms with Crippen LogP contribution in [-0.2, 0) is 9.59 Å². The van der Waals surface area contributed by atoms with Crippen LogP contribution in [0.1, 0.15) is 44.2 Å². The molecule has 3 aromatic rings. The fourth-order valence-electron chi connectivity index (χ4n) is 4.60. The van der Waals surface area contributed by atoms with Crippen LogP contribution in [0.25, 0.3) is 0 Å². The van der Waals surface area contributed by atoms with Crippen molar-refractivity contribution in [3.05, 3.63) is 94.0 Å². The summed E-state index contributed by atoms with van der Waals surface area (Å²) in [6, 6.07) is 20.3. The third-order valence-corrected chi connectivity index (χ3v) is 6.57. The standard InChI is InChI=1S/C29H30Cl2N4O3/c1-29(2,3)34-26(36)17-35-25-13-12-20(31)15-23(25)22(18-8-5-4-6-9-18)16-24(27(35)37)33-28(38)32-21-11-7-10-19(30)14-21/h4-15,22,24H,16-17H2,1-3H3,(H,34,36)(H2,32,33,38)/t22-,24-/m1/s1. The number of hydrogen-bond donors (Lipinski definition) is 3.